The monoisotopic (exact) mass is 385 g/mol. The van der Waals surface area contributed by atoms with E-state index in [9.17, 15) is 4.79 Å². The van der Waals surface area contributed by atoms with Crippen LogP contribution in [0.3, 0.4) is 0 Å². The minimum absolute atomic E-state index is 0.0680. The highest BCUT2D eigenvalue weighted by Crippen LogP contribution is 2.46. The number of nitrogens with zero attached hydrogens (tertiary/aromatic N) is 2. The van der Waals surface area contributed by atoms with Gasteiger partial charge in [-0.2, -0.15) is 5.10 Å². The van der Waals surface area contributed by atoms with Gasteiger partial charge >= 0.3 is 0 Å². The van der Waals surface area contributed by atoms with Crippen LogP contribution in [0.25, 0.3) is 11.3 Å². The molecule has 0 radical (unpaired) electrons. The highest BCUT2D eigenvalue weighted by Gasteiger charge is 2.45. The van der Waals surface area contributed by atoms with Gasteiger partial charge in [0, 0.05) is 17.2 Å². The Labute approximate surface area is 172 Å². The van der Waals surface area contributed by atoms with Crippen molar-refractivity contribution in [1.82, 2.24) is 15.1 Å². The van der Waals surface area contributed by atoms with Gasteiger partial charge in [0.2, 0.25) is 0 Å². The summed E-state index contributed by atoms with van der Waals surface area (Å²) in [5.74, 6) is 0.0994. The van der Waals surface area contributed by atoms with Gasteiger partial charge in [-0.15, -0.1) is 0 Å². The van der Waals surface area contributed by atoms with E-state index in [0.717, 1.165) is 36.1 Å². The third-order valence-electron chi connectivity index (χ3n) is 6.55. The summed E-state index contributed by atoms with van der Waals surface area (Å²) in [6.07, 6.45) is 5.60. The van der Waals surface area contributed by atoms with Crippen LogP contribution < -0.4 is 0 Å². The molecule has 5 rings (SSSR count). The predicted molar refractivity (Wildman–Crippen MR) is 115 cm³/mol. The molecule has 4 heteroatoms. The number of hydrogen-bond acceptors (Lipinski definition) is 2. The second-order valence-corrected chi connectivity index (χ2v) is 8.38. The number of hydrogen-bond donors (Lipinski definition) is 1. The van der Waals surface area contributed by atoms with Gasteiger partial charge in [0.15, 0.2) is 0 Å². The Kier molecular flexibility index (Phi) is 4.50. The molecule has 2 aliphatic rings. The molecule has 1 amide bonds. The van der Waals surface area contributed by atoms with E-state index < -0.39 is 0 Å². The Hall–Kier alpha value is -2.88. The van der Waals surface area contributed by atoms with Crippen LogP contribution in [-0.4, -0.2) is 27.0 Å². The highest BCUT2D eigenvalue weighted by molar-refractivity contribution is 6.00. The molecule has 1 N–H and O–H groups in total. The number of rotatable bonds is 4. The van der Waals surface area contributed by atoms with Crippen molar-refractivity contribution < 1.29 is 4.79 Å². The fraction of sp³-hybridized carbons (Fsp3) is 0.360. The average molecular weight is 386 g/mol. The van der Waals surface area contributed by atoms with Crippen LogP contribution in [0.2, 0.25) is 0 Å². The second kappa shape index (κ2) is 7.18. The molecule has 0 saturated heterocycles. The van der Waals surface area contributed by atoms with E-state index in [-0.39, 0.29) is 11.9 Å². The zero-order valence-corrected chi connectivity index (χ0v) is 17.1. The van der Waals surface area contributed by atoms with Crippen molar-refractivity contribution in [2.75, 3.05) is 0 Å². The third-order valence-corrected chi connectivity index (χ3v) is 6.55. The molecule has 2 heterocycles. The largest absolute Gasteiger partial charge is 0.323 e. The van der Waals surface area contributed by atoms with Crippen molar-refractivity contribution in [3.8, 4) is 11.3 Å². The number of nitrogens with one attached hydrogen (secondary N) is 1. The fourth-order valence-corrected chi connectivity index (χ4v) is 4.92. The van der Waals surface area contributed by atoms with Crippen LogP contribution in [0.1, 0.15) is 71.4 Å². The minimum Gasteiger partial charge on any atom is -0.323 e. The molecular formula is C25H27N3O. The molecule has 4 nitrogen and oxygen atoms in total. The molecule has 1 aromatic heterocycles. The molecule has 1 fully saturated rings. The maximum atomic E-state index is 13.4. The lowest BCUT2D eigenvalue weighted by Crippen LogP contribution is -2.37. The first-order chi connectivity index (χ1) is 14.2. The van der Waals surface area contributed by atoms with Crippen molar-refractivity contribution in [3.05, 3.63) is 76.5 Å². The van der Waals surface area contributed by atoms with E-state index >= 15 is 0 Å². The molecule has 29 heavy (non-hydrogen) atoms. The maximum Gasteiger partial charge on any atom is 0.273 e. The van der Waals surface area contributed by atoms with Gasteiger partial charge < -0.3 is 4.90 Å². The summed E-state index contributed by atoms with van der Waals surface area (Å²) in [4.78, 5) is 15.6. The van der Waals surface area contributed by atoms with Gasteiger partial charge in [-0.25, -0.2) is 0 Å². The predicted octanol–water partition coefficient (Wildman–Crippen LogP) is 5.44. The number of H-pyrrole nitrogens is 1. The Morgan fingerprint density at radius 2 is 1.72 bits per heavy atom. The van der Waals surface area contributed by atoms with Gasteiger partial charge in [-0.3, -0.25) is 9.89 Å². The Bertz CT molecular complexity index is 1030. The minimum atomic E-state index is -0.0680. The van der Waals surface area contributed by atoms with Gasteiger partial charge in [-0.05, 0) is 37.3 Å². The molecule has 148 valence electrons. The zero-order valence-electron chi connectivity index (χ0n) is 17.1. The topological polar surface area (TPSA) is 49.0 Å². The number of aromatic amines is 1. The molecule has 1 atom stereocenters. The van der Waals surface area contributed by atoms with Crippen LogP contribution in [0.5, 0.6) is 0 Å². The van der Waals surface area contributed by atoms with Gasteiger partial charge in [0.25, 0.3) is 5.91 Å². The number of aromatic nitrogens is 2. The summed E-state index contributed by atoms with van der Waals surface area (Å²) in [7, 11) is 0. The quantitative estimate of drug-likeness (QED) is 0.650. The maximum absolute atomic E-state index is 13.4. The van der Waals surface area contributed by atoms with Crippen molar-refractivity contribution in [3.63, 3.8) is 0 Å². The first kappa shape index (κ1) is 18.2. The summed E-state index contributed by atoms with van der Waals surface area (Å²) in [5, 5.41) is 7.67. The fourth-order valence-electron chi connectivity index (χ4n) is 4.92. The molecule has 3 aromatic rings. The first-order valence-corrected chi connectivity index (χ1v) is 10.7. The smallest absolute Gasteiger partial charge is 0.273 e. The van der Waals surface area contributed by atoms with E-state index in [1.165, 1.54) is 29.5 Å². The number of carbonyl (C=O) groups excluding carboxylic acids is 1. The Morgan fingerprint density at radius 3 is 2.38 bits per heavy atom. The van der Waals surface area contributed by atoms with E-state index in [2.05, 4.69) is 77.5 Å². The number of aryl methyl sites for hydroxylation is 2. The van der Waals surface area contributed by atoms with Crippen LogP contribution in [-0.2, 0) is 6.42 Å². The first-order valence-electron chi connectivity index (χ1n) is 10.7. The van der Waals surface area contributed by atoms with E-state index in [4.69, 9.17) is 0 Å². The highest BCUT2D eigenvalue weighted by atomic mass is 16.2. The van der Waals surface area contributed by atoms with Crippen molar-refractivity contribution in [2.45, 2.75) is 58.0 Å². The summed E-state index contributed by atoms with van der Waals surface area (Å²) < 4.78 is 0. The van der Waals surface area contributed by atoms with Crippen molar-refractivity contribution in [2.24, 2.45) is 0 Å². The molecule has 1 unspecified atom stereocenters. The zero-order chi connectivity index (χ0) is 20.0. The number of benzene rings is 2. The third kappa shape index (κ3) is 2.98. The van der Waals surface area contributed by atoms with Crippen LogP contribution in [0.15, 0.2) is 48.5 Å². The number of amides is 1. The molecule has 0 bridgehead atoms. The summed E-state index contributed by atoms with van der Waals surface area (Å²) in [6, 6.07) is 17.4. The van der Waals surface area contributed by atoms with Gasteiger partial charge in [0.05, 0.1) is 11.7 Å². The van der Waals surface area contributed by atoms with Crippen molar-refractivity contribution >= 4 is 5.91 Å². The van der Waals surface area contributed by atoms with E-state index in [1.54, 1.807) is 0 Å². The number of carbonyl (C=O) groups is 1. The van der Waals surface area contributed by atoms with E-state index in [1.807, 2.05) is 0 Å². The number of fused-ring (bicyclic) bond motifs is 1. The van der Waals surface area contributed by atoms with Crippen molar-refractivity contribution in [1.29, 1.82) is 0 Å². The Balaban J connectivity index is 1.65. The standard InChI is InChI=1S/C25H27N3O/c1-3-17-10-14-19(15-11-17)24-21-22(18-12-8-16(2)9-13-18)26-27-23(21)25(29)28(24)20-6-4-5-7-20/h8-15,20,24H,3-7H2,1-2H3,(H,26,27). The summed E-state index contributed by atoms with van der Waals surface area (Å²) in [6.45, 7) is 4.25. The lowest BCUT2D eigenvalue weighted by molar-refractivity contribution is 0.0660. The van der Waals surface area contributed by atoms with Crippen LogP contribution in [0, 0.1) is 6.92 Å². The molecular weight excluding hydrogens is 358 g/mol. The Morgan fingerprint density at radius 1 is 1.03 bits per heavy atom. The molecule has 2 aromatic carbocycles. The lowest BCUT2D eigenvalue weighted by atomic mass is 9.94. The van der Waals surface area contributed by atoms with Crippen LogP contribution >= 0.6 is 0 Å². The van der Waals surface area contributed by atoms with Gasteiger partial charge in [0.1, 0.15) is 5.69 Å². The molecule has 1 aliphatic heterocycles. The van der Waals surface area contributed by atoms with Gasteiger partial charge in [-0.1, -0.05) is 73.9 Å². The van der Waals surface area contributed by atoms with E-state index in [0.29, 0.717) is 11.7 Å². The lowest BCUT2D eigenvalue weighted by Gasteiger charge is -2.32. The summed E-state index contributed by atoms with van der Waals surface area (Å²) >= 11 is 0. The normalized spacial score (nSPS) is 19.2. The summed E-state index contributed by atoms with van der Waals surface area (Å²) in [5.41, 5.74) is 7.37. The molecule has 1 aliphatic carbocycles. The average Bonchev–Trinajstić information content (AvgIpc) is 3.47. The second-order valence-electron chi connectivity index (χ2n) is 8.38. The SMILES string of the molecule is CCc1ccc(C2c3c(-c4ccc(C)cc4)n[nH]c3C(=O)N2C2CCCC2)cc1. The molecule has 0 spiro atoms. The van der Waals surface area contributed by atoms with Crippen LogP contribution in [0.4, 0.5) is 0 Å². The molecule has 1 saturated carbocycles.